The second-order valence-electron chi connectivity index (χ2n) is 7.76. The molecule has 0 amide bonds. The summed E-state index contributed by atoms with van der Waals surface area (Å²) in [7, 11) is 0. The van der Waals surface area contributed by atoms with Crippen LogP contribution in [-0.2, 0) is 6.54 Å². The molecule has 0 atom stereocenters. The lowest BCUT2D eigenvalue weighted by atomic mass is 10.2. The van der Waals surface area contributed by atoms with Crippen molar-refractivity contribution in [2.45, 2.75) is 33.2 Å². The number of ether oxygens (including phenoxy) is 1. The van der Waals surface area contributed by atoms with Crippen LogP contribution >= 0.6 is 0 Å². The van der Waals surface area contributed by atoms with E-state index in [1.54, 1.807) is 0 Å². The van der Waals surface area contributed by atoms with E-state index in [1.165, 1.54) is 25.9 Å². The van der Waals surface area contributed by atoms with Crippen molar-refractivity contribution in [2.24, 2.45) is 10.9 Å². The van der Waals surface area contributed by atoms with Crippen LogP contribution in [0.15, 0.2) is 29.3 Å². The molecule has 0 spiro atoms. The molecule has 0 radical (unpaired) electrons. The highest BCUT2D eigenvalue weighted by atomic mass is 16.5. The van der Waals surface area contributed by atoms with Gasteiger partial charge < -0.3 is 20.3 Å². The van der Waals surface area contributed by atoms with Crippen molar-refractivity contribution >= 4 is 5.96 Å². The first kappa shape index (κ1) is 20.9. The van der Waals surface area contributed by atoms with Crippen LogP contribution in [-0.4, -0.2) is 74.7 Å². The Bertz CT molecular complexity index is 609. The molecule has 1 saturated heterocycles. The Morgan fingerprint density at radius 3 is 2.54 bits per heavy atom. The zero-order valence-corrected chi connectivity index (χ0v) is 17.6. The summed E-state index contributed by atoms with van der Waals surface area (Å²) in [5.74, 6) is 2.62. The minimum Gasteiger partial charge on any atom is -0.493 e. The first-order valence-corrected chi connectivity index (χ1v) is 11.0. The Labute approximate surface area is 170 Å². The van der Waals surface area contributed by atoms with Gasteiger partial charge in [-0.1, -0.05) is 25.1 Å². The molecule has 1 aliphatic heterocycles. The topological polar surface area (TPSA) is 52.1 Å². The molecule has 28 heavy (non-hydrogen) atoms. The van der Waals surface area contributed by atoms with Crippen molar-refractivity contribution in [3.05, 3.63) is 29.8 Å². The van der Waals surface area contributed by atoms with Crippen LogP contribution in [0.1, 0.15) is 32.3 Å². The van der Waals surface area contributed by atoms with Gasteiger partial charge in [0.2, 0.25) is 0 Å². The van der Waals surface area contributed by atoms with Crippen LogP contribution in [0.4, 0.5) is 0 Å². The molecule has 6 heteroatoms. The van der Waals surface area contributed by atoms with Crippen molar-refractivity contribution in [3.8, 4) is 5.75 Å². The van der Waals surface area contributed by atoms with Crippen LogP contribution in [0.25, 0.3) is 0 Å². The molecule has 2 aliphatic rings. The second-order valence-corrected chi connectivity index (χ2v) is 7.76. The maximum atomic E-state index is 6.01. The summed E-state index contributed by atoms with van der Waals surface area (Å²) in [6, 6.07) is 8.27. The van der Waals surface area contributed by atoms with Crippen LogP contribution in [0, 0.1) is 5.92 Å². The van der Waals surface area contributed by atoms with Gasteiger partial charge in [0, 0.05) is 51.4 Å². The van der Waals surface area contributed by atoms with Gasteiger partial charge >= 0.3 is 0 Å². The number of nitrogens with one attached hydrogen (secondary N) is 2. The normalized spacial score (nSPS) is 18.9. The monoisotopic (exact) mass is 387 g/mol. The molecule has 1 aromatic rings. The van der Waals surface area contributed by atoms with Crippen LogP contribution in [0.2, 0.25) is 0 Å². The van der Waals surface area contributed by atoms with Gasteiger partial charge in [-0.3, -0.25) is 4.90 Å². The van der Waals surface area contributed by atoms with Gasteiger partial charge in [0.15, 0.2) is 5.96 Å². The number of hydrogen-bond acceptors (Lipinski definition) is 4. The lowest BCUT2D eigenvalue weighted by molar-refractivity contribution is 0.139. The highest BCUT2D eigenvalue weighted by molar-refractivity contribution is 5.79. The predicted molar refractivity (Wildman–Crippen MR) is 116 cm³/mol. The molecule has 0 unspecified atom stereocenters. The molecule has 2 fully saturated rings. The van der Waals surface area contributed by atoms with Crippen molar-refractivity contribution in [1.29, 1.82) is 0 Å². The smallest absolute Gasteiger partial charge is 0.191 e. The average Bonchev–Trinajstić information content (AvgIpc) is 3.56. The van der Waals surface area contributed by atoms with Crippen LogP contribution < -0.4 is 15.4 Å². The quantitative estimate of drug-likeness (QED) is 0.476. The minimum atomic E-state index is 0.630. The molecular weight excluding hydrogens is 350 g/mol. The molecular formula is C22H37N5O. The average molecular weight is 388 g/mol. The van der Waals surface area contributed by atoms with Gasteiger partial charge in [-0.2, -0.15) is 0 Å². The Morgan fingerprint density at radius 2 is 1.82 bits per heavy atom. The Hall–Kier alpha value is -1.79. The Balaban J connectivity index is 1.46. The third-order valence-corrected chi connectivity index (χ3v) is 5.53. The van der Waals surface area contributed by atoms with Crippen LogP contribution in [0.5, 0.6) is 5.75 Å². The maximum Gasteiger partial charge on any atom is 0.191 e. The molecule has 0 bridgehead atoms. The third-order valence-electron chi connectivity index (χ3n) is 5.53. The van der Waals surface area contributed by atoms with E-state index >= 15 is 0 Å². The number of rotatable bonds is 10. The van der Waals surface area contributed by atoms with E-state index in [0.29, 0.717) is 6.54 Å². The molecule has 2 N–H and O–H groups in total. The largest absolute Gasteiger partial charge is 0.493 e. The summed E-state index contributed by atoms with van der Waals surface area (Å²) in [6.45, 7) is 14.5. The van der Waals surface area contributed by atoms with E-state index in [2.05, 4.69) is 52.5 Å². The lowest BCUT2D eigenvalue weighted by Crippen LogP contribution is -2.49. The standard InChI is InChI=1S/C22H37N5O/c1-3-23-22(24-11-12-27-15-13-26(4-2)14-16-27)25-17-20-7-5-6-8-21(20)28-18-19-9-10-19/h5-8,19H,3-4,9-18H2,1-2H3,(H2,23,24,25). The van der Waals surface area contributed by atoms with Crippen molar-refractivity contribution in [1.82, 2.24) is 20.4 Å². The first-order chi connectivity index (χ1) is 13.8. The zero-order chi connectivity index (χ0) is 19.6. The van der Waals surface area contributed by atoms with Gasteiger partial charge in [0.1, 0.15) is 5.75 Å². The van der Waals surface area contributed by atoms with E-state index in [0.717, 1.165) is 69.1 Å². The molecule has 3 rings (SSSR count). The van der Waals surface area contributed by atoms with Crippen molar-refractivity contribution in [3.63, 3.8) is 0 Å². The summed E-state index contributed by atoms with van der Waals surface area (Å²) >= 11 is 0. The summed E-state index contributed by atoms with van der Waals surface area (Å²) < 4.78 is 6.01. The molecule has 1 aliphatic carbocycles. The van der Waals surface area contributed by atoms with Gasteiger partial charge in [0.05, 0.1) is 13.2 Å². The maximum absolute atomic E-state index is 6.01. The number of nitrogens with zero attached hydrogens (tertiary/aromatic N) is 3. The van der Waals surface area contributed by atoms with Gasteiger partial charge in [-0.05, 0) is 38.3 Å². The number of guanidine groups is 1. The summed E-state index contributed by atoms with van der Waals surface area (Å²) in [6.07, 6.45) is 2.62. The Kier molecular flexibility index (Phi) is 8.42. The van der Waals surface area contributed by atoms with Crippen molar-refractivity contribution < 1.29 is 4.74 Å². The SMILES string of the molecule is CCNC(=NCc1ccccc1OCC1CC1)NCCN1CCN(CC)CC1. The van der Waals surface area contributed by atoms with E-state index in [-0.39, 0.29) is 0 Å². The number of hydrogen-bond donors (Lipinski definition) is 2. The number of piperazine rings is 1. The second kappa shape index (κ2) is 11.3. The molecule has 1 aromatic carbocycles. The minimum absolute atomic E-state index is 0.630. The first-order valence-electron chi connectivity index (χ1n) is 11.0. The number of aliphatic imine (C=N–C) groups is 1. The number of para-hydroxylation sites is 1. The number of likely N-dealkylation sites (N-methyl/N-ethyl adjacent to an activating group) is 1. The summed E-state index contributed by atoms with van der Waals surface area (Å²) in [4.78, 5) is 9.83. The third kappa shape index (κ3) is 6.99. The van der Waals surface area contributed by atoms with Gasteiger partial charge in [0.25, 0.3) is 0 Å². The lowest BCUT2D eigenvalue weighted by Gasteiger charge is -2.34. The Morgan fingerprint density at radius 1 is 1.07 bits per heavy atom. The molecule has 1 saturated carbocycles. The molecule has 0 aromatic heterocycles. The molecule has 1 heterocycles. The number of benzene rings is 1. The van der Waals surface area contributed by atoms with Crippen molar-refractivity contribution in [2.75, 3.05) is 59.0 Å². The van der Waals surface area contributed by atoms with E-state index < -0.39 is 0 Å². The zero-order valence-electron chi connectivity index (χ0n) is 17.6. The molecule has 156 valence electrons. The summed E-state index contributed by atoms with van der Waals surface area (Å²) in [5, 5.41) is 6.84. The predicted octanol–water partition coefficient (Wildman–Crippen LogP) is 2.17. The fourth-order valence-corrected chi connectivity index (χ4v) is 3.43. The van der Waals surface area contributed by atoms with Gasteiger partial charge in [-0.25, -0.2) is 4.99 Å². The van der Waals surface area contributed by atoms with Gasteiger partial charge in [-0.15, -0.1) is 0 Å². The highest BCUT2D eigenvalue weighted by Gasteiger charge is 2.22. The fourth-order valence-electron chi connectivity index (χ4n) is 3.43. The van der Waals surface area contributed by atoms with E-state index in [1.807, 2.05) is 6.07 Å². The fraction of sp³-hybridized carbons (Fsp3) is 0.682. The van der Waals surface area contributed by atoms with Crippen LogP contribution in [0.3, 0.4) is 0 Å². The van der Waals surface area contributed by atoms with E-state index in [4.69, 9.17) is 9.73 Å². The molecule has 6 nitrogen and oxygen atoms in total. The summed E-state index contributed by atoms with van der Waals surface area (Å²) in [5.41, 5.74) is 1.15. The van der Waals surface area contributed by atoms with E-state index in [9.17, 15) is 0 Å². The highest BCUT2D eigenvalue weighted by Crippen LogP contribution is 2.30.